The van der Waals surface area contributed by atoms with Crippen molar-refractivity contribution in [3.63, 3.8) is 0 Å². The first-order valence-electron chi connectivity index (χ1n) is 27.0. The highest BCUT2D eigenvalue weighted by Crippen LogP contribution is 2.72. The van der Waals surface area contributed by atoms with Gasteiger partial charge in [-0.3, -0.25) is 34.1 Å². The molecular weight excluding hydrogens is 1020 g/mol. The van der Waals surface area contributed by atoms with Gasteiger partial charge in [0.15, 0.2) is 10.8 Å². The van der Waals surface area contributed by atoms with Crippen LogP contribution in [0.15, 0.2) is 91.1 Å². The lowest BCUT2D eigenvalue weighted by molar-refractivity contribution is -0.248. The third kappa shape index (κ3) is 11.2. The van der Waals surface area contributed by atoms with E-state index in [1.807, 2.05) is 89.3 Å². The second-order valence-corrected chi connectivity index (χ2v) is 24.2. The minimum atomic E-state index is -1.13. The van der Waals surface area contributed by atoms with Crippen molar-refractivity contribution in [2.45, 2.75) is 104 Å². The molecule has 18 nitrogen and oxygen atoms in total. The number of carboxylic acid groups (broad SMARTS) is 1. The van der Waals surface area contributed by atoms with Gasteiger partial charge in [-0.25, -0.2) is 19.6 Å². The van der Waals surface area contributed by atoms with Crippen molar-refractivity contribution in [1.82, 2.24) is 34.9 Å². The molecule has 4 fully saturated rings. The van der Waals surface area contributed by atoms with Gasteiger partial charge >= 0.3 is 12.1 Å². The van der Waals surface area contributed by atoms with Gasteiger partial charge in [0.1, 0.15) is 19.0 Å². The zero-order valence-electron chi connectivity index (χ0n) is 44.9. The van der Waals surface area contributed by atoms with Crippen molar-refractivity contribution in [2.75, 3.05) is 50.1 Å². The second-order valence-electron chi connectivity index (χ2n) is 23.2. The van der Waals surface area contributed by atoms with Crippen molar-refractivity contribution < 1.29 is 43.3 Å². The third-order valence-electron chi connectivity index (χ3n) is 16.6. The molecule has 5 amide bonds. The van der Waals surface area contributed by atoms with Crippen LogP contribution < -0.4 is 15.5 Å². The molecule has 3 aromatic carbocycles. The SMILES string of the molecule is Cc1c(-c2ccc(N3CCc4cccc(C(=O)Nc5nc6ccccc6s5)c4C3)nc2C(=O)O)cnn1CC12CC3(C)CC(C)(C1)CC(OCCN(C)C(=O)OCc1[c]cc(CCCNC(=O)CN4C(=O)C=CC4=O)cc1)(C3)C2. The van der Waals surface area contributed by atoms with E-state index in [2.05, 4.69) is 35.5 Å². The largest absolute Gasteiger partial charge is 0.476 e. The first kappa shape index (κ1) is 53.2. The summed E-state index contributed by atoms with van der Waals surface area (Å²) in [4.78, 5) is 89.5. The van der Waals surface area contributed by atoms with Gasteiger partial charge in [-0.05, 0) is 140 Å². The quantitative estimate of drug-likeness (QED) is 0.0512. The number of nitrogens with zero attached hydrogens (tertiary/aromatic N) is 7. The number of aromatic nitrogens is 4. The van der Waals surface area contributed by atoms with Crippen LogP contribution >= 0.6 is 11.3 Å². The molecule has 5 heterocycles. The van der Waals surface area contributed by atoms with Crippen LogP contribution in [0.3, 0.4) is 0 Å². The summed E-state index contributed by atoms with van der Waals surface area (Å²) in [6.45, 7) is 9.30. The summed E-state index contributed by atoms with van der Waals surface area (Å²) < 4.78 is 15.7. The Labute approximate surface area is 462 Å². The van der Waals surface area contributed by atoms with Gasteiger partial charge in [-0.2, -0.15) is 5.10 Å². The maximum atomic E-state index is 13.7. The zero-order chi connectivity index (χ0) is 55.3. The van der Waals surface area contributed by atoms with E-state index in [0.29, 0.717) is 80.7 Å². The molecule has 2 atom stereocenters. The molecule has 0 spiro atoms. The zero-order valence-corrected chi connectivity index (χ0v) is 45.7. The van der Waals surface area contributed by atoms with E-state index in [4.69, 9.17) is 19.6 Å². The molecule has 4 aliphatic carbocycles. The second kappa shape index (κ2) is 21.1. The number of benzene rings is 3. The van der Waals surface area contributed by atoms with E-state index in [9.17, 15) is 33.9 Å². The Hall–Kier alpha value is -7.77. The van der Waals surface area contributed by atoms with Crippen LogP contribution in [0.1, 0.15) is 108 Å². The highest BCUT2D eigenvalue weighted by Gasteiger charge is 2.66. The monoisotopic (exact) mass is 1090 g/mol. The lowest BCUT2D eigenvalue weighted by atomic mass is 9.39. The number of carbonyl (C=O) groups excluding carboxylic acids is 5. The smallest absolute Gasteiger partial charge is 0.409 e. The minimum Gasteiger partial charge on any atom is -0.476 e. The Morgan fingerprint density at radius 2 is 1.68 bits per heavy atom. The standard InChI is InChI=1S/C60H64N9O9S/c1-38-44(42-18-19-48(64-52(42)54(74)75)67-24-22-41-10-7-11-43(45(41)28-67)53(73)65-55-63-46-12-5-6-13-47(46)79-55)27-62-69(38)37-59-32-57(2)31-58(3,33-59)35-60(34-57,36-59)78-26-25-66(4)56(76)77-30-40-16-14-39(15-17-40)9-8-23-61-49(70)29-68-50(71)20-21-51(68)72/h5-7,10-16,18-21,27H,8-9,22-26,28-37H2,1-4H3,(H,61,70)(H,74,75)(H,63,65,73). The Kier molecular flexibility index (Phi) is 14.2. The van der Waals surface area contributed by atoms with Crippen molar-refractivity contribution in [2.24, 2.45) is 16.2 Å². The molecule has 79 heavy (non-hydrogen) atoms. The maximum absolute atomic E-state index is 13.7. The average molecular weight is 1090 g/mol. The molecule has 4 bridgehead atoms. The number of aromatic carboxylic acids is 1. The van der Waals surface area contributed by atoms with Crippen molar-refractivity contribution in [1.29, 1.82) is 0 Å². The Morgan fingerprint density at radius 1 is 0.899 bits per heavy atom. The van der Waals surface area contributed by atoms with Gasteiger partial charge in [0, 0.05) is 74.3 Å². The molecule has 6 aliphatic rings. The number of para-hydroxylation sites is 1. The number of hydrogen-bond donors (Lipinski definition) is 3. The summed E-state index contributed by atoms with van der Waals surface area (Å²) >= 11 is 1.43. The van der Waals surface area contributed by atoms with Crippen LogP contribution in [0.2, 0.25) is 0 Å². The number of thiazole rings is 1. The third-order valence-corrected chi connectivity index (χ3v) is 17.5. The summed E-state index contributed by atoms with van der Waals surface area (Å²) in [6.07, 6.45) is 11.5. The topological polar surface area (TPSA) is 218 Å². The fourth-order valence-corrected chi connectivity index (χ4v) is 15.1. The molecule has 6 aromatic rings. The first-order valence-corrected chi connectivity index (χ1v) is 27.8. The van der Waals surface area contributed by atoms with Gasteiger partial charge in [0.25, 0.3) is 17.7 Å². The number of hydrogen-bond acceptors (Lipinski definition) is 13. The van der Waals surface area contributed by atoms with Gasteiger partial charge in [-0.1, -0.05) is 67.6 Å². The summed E-state index contributed by atoms with van der Waals surface area (Å²) in [7, 11) is 1.72. The Bertz CT molecular complexity index is 3370. The number of aryl methyl sites for hydroxylation is 1. The molecule has 2 unspecified atom stereocenters. The first-order chi connectivity index (χ1) is 37.9. The predicted octanol–water partition coefficient (Wildman–Crippen LogP) is 8.55. The summed E-state index contributed by atoms with van der Waals surface area (Å²) in [5, 5.41) is 21.9. The maximum Gasteiger partial charge on any atom is 0.409 e. The molecular formula is C60H64N9O9S. The molecule has 19 heteroatoms. The lowest BCUT2D eigenvalue weighted by Crippen LogP contribution is -2.64. The van der Waals surface area contributed by atoms with E-state index in [-0.39, 0.29) is 46.6 Å². The number of ether oxygens (including phenoxy) is 2. The molecule has 12 rings (SSSR count). The van der Waals surface area contributed by atoms with Gasteiger partial charge in [0.2, 0.25) is 5.91 Å². The molecule has 3 N–H and O–H groups in total. The highest BCUT2D eigenvalue weighted by atomic mass is 32.1. The summed E-state index contributed by atoms with van der Waals surface area (Å²) in [5.74, 6) is -2.24. The number of rotatable bonds is 19. The Morgan fingerprint density at radius 3 is 2.43 bits per heavy atom. The number of nitrogens with one attached hydrogen (secondary N) is 2. The Balaban J connectivity index is 0.692. The number of carbonyl (C=O) groups is 6. The van der Waals surface area contributed by atoms with Gasteiger partial charge in [0.05, 0.1) is 28.6 Å². The highest BCUT2D eigenvalue weighted by molar-refractivity contribution is 7.22. The molecule has 2 aliphatic heterocycles. The van der Waals surface area contributed by atoms with Crippen molar-refractivity contribution >= 4 is 68.2 Å². The fraction of sp³-hybridized carbons (Fsp3) is 0.417. The van der Waals surface area contributed by atoms with Crippen LogP contribution in [0.4, 0.5) is 15.7 Å². The molecule has 0 saturated heterocycles. The number of carboxylic acids is 1. The van der Waals surface area contributed by atoms with E-state index in [1.165, 1.54) is 11.3 Å². The fourth-order valence-electron chi connectivity index (χ4n) is 14.2. The van der Waals surface area contributed by atoms with Gasteiger partial charge in [-0.15, -0.1) is 0 Å². The molecule has 4 saturated carbocycles. The van der Waals surface area contributed by atoms with Crippen LogP contribution in [0, 0.1) is 29.2 Å². The lowest BCUT2D eigenvalue weighted by Gasteiger charge is -2.69. The number of amides is 5. The number of imide groups is 1. The van der Waals surface area contributed by atoms with Gasteiger partial charge < -0.3 is 29.7 Å². The van der Waals surface area contributed by atoms with Crippen molar-refractivity contribution in [3.8, 4) is 11.1 Å². The molecule has 1 radical (unpaired) electrons. The van der Waals surface area contributed by atoms with E-state index >= 15 is 0 Å². The van der Waals surface area contributed by atoms with Crippen molar-refractivity contribution in [3.05, 3.63) is 136 Å². The van der Waals surface area contributed by atoms with E-state index < -0.39 is 29.8 Å². The predicted molar refractivity (Wildman–Crippen MR) is 296 cm³/mol. The molecule has 3 aromatic heterocycles. The summed E-state index contributed by atoms with van der Waals surface area (Å²) in [6, 6.07) is 26.1. The number of anilines is 2. The van der Waals surface area contributed by atoms with Crippen LogP contribution in [0.5, 0.6) is 0 Å². The average Bonchev–Trinajstić information content (AvgIpc) is 3.64. The van der Waals surface area contributed by atoms with Crippen LogP contribution in [0.25, 0.3) is 21.3 Å². The normalized spacial score (nSPS) is 22.8. The number of fused-ring (bicyclic) bond motifs is 2. The number of pyridine rings is 1. The minimum absolute atomic E-state index is 0.0561. The summed E-state index contributed by atoms with van der Waals surface area (Å²) in [5.41, 5.74) is 6.71. The van der Waals surface area contributed by atoms with E-state index in [0.717, 1.165) is 99.3 Å². The van der Waals surface area contributed by atoms with Crippen LogP contribution in [-0.2, 0) is 56.4 Å². The van der Waals surface area contributed by atoms with E-state index in [1.54, 1.807) is 18.1 Å². The molecule has 409 valence electrons. The number of likely N-dealkylation sites (N-methyl/N-ethyl adjacent to an activating group) is 1. The van der Waals surface area contributed by atoms with Crippen LogP contribution in [-0.4, -0.2) is 116 Å².